The van der Waals surface area contributed by atoms with Gasteiger partial charge in [-0.25, -0.2) is 4.79 Å². The van der Waals surface area contributed by atoms with Gasteiger partial charge in [-0.05, 0) is 29.2 Å². The van der Waals surface area contributed by atoms with Crippen molar-refractivity contribution in [3.8, 4) is 12.3 Å². The molecular weight excluding hydrogens is 554 g/mol. The highest BCUT2D eigenvalue weighted by molar-refractivity contribution is 5.93. The van der Waals surface area contributed by atoms with Crippen LogP contribution in [0.25, 0.3) is 10.9 Å². The molecule has 1 aromatic heterocycles. The maximum absolute atomic E-state index is 14.2. The van der Waals surface area contributed by atoms with E-state index in [4.69, 9.17) is 6.42 Å². The fourth-order valence-electron chi connectivity index (χ4n) is 6.18. The summed E-state index contributed by atoms with van der Waals surface area (Å²) in [5, 5.41) is 11.9. The van der Waals surface area contributed by atoms with Crippen LogP contribution in [-0.2, 0) is 29.2 Å². The summed E-state index contributed by atoms with van der Waals surface area (Å²) in [7, 11) is 0. The molecule has 0 bridgehead atoms. The fraction of sp³-hybridized carbons (Fsp3) is 0.294. The maximum atomic E-state index is 14.2. The van der Waals surface area contributed by atoms with Gasteiger partial charge in [-0.15, -0.1) is 6.42 Å². The monoisotopic (exact) mass is 589 g/mol. The van der Waals surface area contributed by atoms with Gasteiger partial charge in [0.15, 0.2) is 0 Å². The first-order chi connectivity index (χ1) is 21.5. The normalized spacial score (nSPS) is 18.4. The van der Waals surface area contributed by atoms with E-state index in [0.29, 0.717) is 32.6 Å². The first kappa shape index (κ1) is 29.0. The average molecular weight is 590 g/mol. The number of urea groups is 1. The quantitative estimate of drug-likeness (QED) is 0.300. The first-order valence-electron chi connectivity index (χ1n) is 14.9. The van der Waals surface area contributed by atoms with Crippen molar-refractivity contribution in [2.75, 3.05) is 19.6 Å². The molecule has 10 heteroatoms. The Labute approximate surface area is 256 Å². The number of aromatic nitrogens is 2. The van der Waals surface area contributed by atoms with E-state index in [1.54, 1.807) is 25.7 Å². The molecule has 44 heavy (non-hydrogen) atoms. The van der Waals surface area contributed by atoms with Crippen LogP contribution < -0.4 is 5.32 Å². The minimum absolute atomic E-state index is 0.00230. The van der Waals surface area contributed by atoms with Crippen LogP contribution in [0.3, 0.4) is 0 Å². The van der Waals surface area contributed by atoms with Crippen LogP contribution in [0.2, 0.25) is 0 Å². The summed E-state index contributed by atoms with van der Waals surface area (Å²) >= 11 is 0. The molecule has 2 saturated heterocycles. The molecule has 6 rings (SSSR count). The molecule has 1 N–H and O–H groups in total. The smallest absolute Gasteiger partial charge is 0.332 e. The minimum Gasteiger partial charge on any atom is -0.333 e. The second-order valence-electron chi connectivity index (χ2n) is 11.0. The van der Waals surface area contributed by atoms with E-state index in [1.807, 2.05) is 90.8 Å². The van der Waals surface area contributed by atoms with Crippen LogP contribution in [0, 0.1) is 12.3 Å². The molecule has 2 atom stereocenters. The van der Waals surface area contributed by atoms with E-state index in [2.05, 4.69) is 16.3 Å². The van der Waals surface area contributed by atoms with Crippen molar-refractivity contribution in [3.05, 3.63) is 102 Å². The van der Waals surface area contributed by atoms with Gasteiger partial charge < -0.3 is 15.1 Å². The second-order valence-corrected chi connectivity index (χ2v) is 11.0. The van der Waals surface area contributed by atoms with E-state index >= 15 is 0 Å². The zero-order chi connectivity index (χ0) is 30.6. The maximum Gasteiger partial charge on any atom is 0.332 e. The molecule has 2 aliphatic heterocycles. The molecular formula is C34H35N7O3. The lowest BCUT2D eigenvalue weighted by atomic mass is 9.99. The SMILES string of the molecule is C#CCn1ncc2c(CN3C[C@H]4N(C(=O)CN4N(CCC)C(=O)NCc4ccccc4)[C@@H](c4ccccc4)C3=O)cccc21. The van der Waals surface area contributed by atoms with E-state index in [9.17, 15) is 14.4 Å². The molecule has 0 spiro atoms. The number of terminal acetylenes is 1. The van der Waals surface area contributed by atoms with Gasteiger partial charge in [-0.3, -0.25) is 19.3 Å². The number of nitrogens with zero attached hydrogens (tertiary/aromatic N) is 6. The molecule has 4 amide bonds. The van der Waals surface area contributed by atoms with Gasteiger partial charge in [0.05, 0.1) is 24.8 Å². The van der Waals surface area contributed by atoms with Gasteiger partial charge in [0.25, 0.3) is 5.91 Å². The van der Waals surface area contributed by atoms with Gasteiger partial charge in [0, 0.05) is 25.0 Å². The van der Waals surface area contributed by atoms with Gasteiger partial charge >= 0.3 is 6.03 Å². The molecule has 2 aliphatic rings. The Morgan fingerprint density at radius 2 is 1.80 bits per heavy atom. The topological polar surface area (TPSA) is 94.0 Å². The van der Waals surface area contributed by atoms with Crippen molar-refractivity contribution in [2.45, 2.75) is 45.2 Å². The zero-order valence-electron chi connectivity index (χ0n) is 24.7. The summed E-state index contributed by atoms with van der Waals surface area (Å²) in [6.45, 7) is 3.70. The van der Waals surface area contributed by atoms with E-state index in [0.717, 1.165) is 27.6 Å². The number of hydrogen-bond acceptors (Lipinski definition) is 5. The minimum atomic E-state index is -0.813. The number of amides is 4. The van der Waals surface area contributed by atoms with E-state index in [1.165, 1.54) is 0 Å². The van der Waals surface area contributed by atoms with Crippen molar-refractivity contribution >= 4 is 28.7 Å². The van der Waals surface area contributed by atoms with Gasteiger partial charge in [0.2, 0.25) is 5.91 Å². The van der Waals surface area contributed by atoms with Crippen molar-refractivity contribution in [1.82, 2.24) is 34.9 Å². The lowest BCUT2D eigenvalue weighted by Crippen LogP contribution is -2.62. The Kier molecular flexibility index (Phi) is 8.30. The number of carbonyl (C=O) groups is 3. The third-order valence-corrected chi connectivity index (χ3v) is 8.22. The fourth-order valence-corrected chi connectivity index (χ4v) is 6.18. The number of piperazine rings is 1. The molecule has 0 radical (unpaired) electrons. The number of benzene rings is 3. The van der Waals surface area contributed by atoms with Crippen molar-refractivity contribution in [1.29, 1.82) is 0 Å². The van der Waals surface area contributed by atoms with E-state index in [-0.39, 0.29) is 30.9 Å². The Bertz CT molecular complexity index is 1700. The van der Waals surface area contributed by atoms with Crippen LogP contribution in [0.15, 0.2) is 85.1 Å². The molecule has 2 fully saturated rings. The summed E-state index contributed by atoms with van der Waals surface area (Å²) in [6.07, 6.45) is 7.50. The Morgan fingerprint density at radius 1 is 1.05 bits per heavy atom. The van der Waals surface area contributed by atoms with Gasteiger partial charge in [0.1, 0.15) is 18.8 Å². The third kappa shape index (κ3) is 5.50. The standard InChI is InChI=1S/C34H35N7O3/c1-3-18-38-29-17-11-16-27(28(29)21-36-38)22-37-23-30-40(39(19-4-2)34(44)35-20-25-12-7-5-8-13-25)24-31(42)41(30)32(33(37)43)26-14-9-6-10-15-26/h1,5-17,21,30,32H,4,18-20,22-24H2,2H3,(H,35,44)/t30-,32+/m1/s1. The number of fused-ring (bicyclic) bond motifs is 2. The zero-order valence-corrected chi connectivity index (χ0v) is 24.7. The number of hydrogen-bond donors (Lipinski definition) is 1. The summed E-state index contributed by atoms with van der Waals surface area (Å²) < 4.78 is 1.76. The van der Waals surface area contributed by atoms with Crippen LogP contribution >= 0.6 is 0 Å². The molecule has 0 saturated carbocycles. The summed E-state index contributed by atoms with van der Waals surface area (Å²) in [5.41, 5.74) is 3.54. The van der Waals surface area contributed by atoms with Gasteiger partial charge in [-0.2, -0.15) is 10.1 Å². The van der Waals surface area contributed by atoms with Gasteiger partial charge in [-0.1, -0.05) is 85.6 Å². The number of nitrogens with one attached hydrogen (secondary N) is 1. The van der Waals surface area contributed by atoms with Crippen LogP contribution in [-0.4, -0.2) is 73.2 Å². The van der Waals surface area contributed by atoms with Crippen molar-refractivity contribution in [3.63, 3.8) is 0 Å². The number of hydrazine groups is 1. The van der Waals surface area contributed by atoms with Crippen LogP contribution in [0.4, 0.5) is 4.79 Å². The molecule has 3 aromatic carbocycles. The largest absolute Gasteiger partial charge is 0.333 e. The predicted molar refractivity (Wildman–Crippen MR) is 166 cm³/mol. The van der Waals surface area contributed by atoms with E-state index < -0.39 is 12.2 Å². The van der Waals surface area contributed by atoms with Crippen LogP contribution in [0.5, 0.6) is 0 Å². The summed E-state index contributed by atoms with van der Waals surface area (Å²) in [4.78, 5) is 45.0. The van der Waals surface area contributed by atoms with Crippen LogP contribution in [0.1, 0.15) is 36.1 Å². The highest BCUT2D eigenvalue weighted by Crippen LogP contribution is 2.37. The lowest BCUT2D eigenvalue weighted by molar-refractivity contribution is -0.158. The number of carbonyl (C=O) groups excluding carboxylic acids is 3. The Hall–Kier alpha value is -5.14. The molecule has 10 nitrogen and oxygen atoms in total. The van der Waals surface area contributed by atoms with Crippen molar-refractivity contribution in [2.24, 2.45) is 0 Å². The lowest BCUT2D eigenvalue weighted by Gasteiger charge is -2.46. The Morgan fingerprint density at radius 3 is 2.52 bits per heavy atom. The highest BCUT2D eigenvalue weighted by Gasteiger charge is 2.52. The summed E-state index contributed by atoms with van der Waals surface area (Å²) in [6, 6.07) is 23.9. The molecule has 3 heterocycles. The third-order valence-electron chi connectivity index (χ3n) is 8.22. The first-order valence-corrected chi connectivity index (χ1v) is 14.9. The molecule has 4 aromatic rings. The average Bonchev–Trinajstić information content (AvgIpc) is 3.61. The molecule has 0 aliphatic carbocycles. The van der Waals surface area contributed by atoms with Crippen molar-refractivity contribution < 1.29 is 14.4 Å². The Balaban J connectivity index is 1.33. The second kappa shape index (κ2) is 12.6. The number of rotatable bonds is 9. The molecule has 0 unspecified atom stereocenters. The summed E-state index contributed by atoms with van der Waals surface area (Å²) in [5.74, 6) is 2.28. The predicted octanol–water partition coefficient (Wildman–Crippen LogP) is 3.76. The molecule has 224 valence electrons. The highest BCUT2D eigenvalue weighted by atomic mass is 16.2.